The van der Waals surface area contributed by atoms with Gasteiger partial charge in [-0.05, 0) is 57.2 Å². The molecule has 0 radical (unpaired) electrons. The number of amides is 1. The summed E-state index contributed by atoms with van der Waals surface area (Å²) in [5.74, 6) is 1.25. The van der Waals surface area contributed by atoms with Gasteiger partial charge in [0.15, 0.2) is 0 Å². The van der Waals surface area contributed by atoms with Gasteiger partial charge in [-0.2, -0.15) is 4.31 Å². The van der Waals surface area contributed by atoms with Crippen LogP contribution >= 0.6 is 0 Å². The first-order chi connectivity index (χ1) is 13.6. The molecule has 7 nitrogen and oxygen atoms in total. The van der Waals surface area contributed by atoms with Gasteiger partial charge in [0.2, 0.25) is 10.0 Å². The number of piperazine rings is 1. The van der Waals surface area contributed by atoms with Gasteiger partial charge in [-0.15, -0.1) is 0 Å². The van der Waals surface area contributed by atoms with Crippen molar-refractivity contribution < 1.29 is 22.7 Å². The summed E-state index contributed by atoms with van der Waals surface area (Å²) < 4.78 is 38.4. The minimum atomic E-state index is -3.60. The van der Waals surface area contributed by atoms with Gasteiger partial charge in [0.05, 0.1) is 17.0 Å². The van der Waals surface area contributed by atoms with E-state index in [-0.39, 0.29) is 17.0 Å². The lowest BCUT2D eigenvalue weighted by Gasteiger charge is -2.26. The zero-order valence-electron chi connectivity index (χ0n) is 16.6. The number of ether oxygens (including phenoxy) is 2. The summed E-state index contributed by atoms with van der Waals surface area (Å²) in [5, 5.41) is 0. The molecule has 4 rings (SSSR count). The van der Waals surface area contributed by atoms with Crippen molar-refractivity contribution in [3.63, 3.8) is 0 Å². The van der Waals surface area contributed by atoms with Crippen LogP contribution in [0.2, 0.25) is 0 Å². The molecule has 2 atom stereocenters. The van der Waals surface area contributed by atoms with E-state index in [0.29, 0.717) is 24.6 Å². The van der Waals surface area contributed by atoms with E-state index < -0.39 is 21.7 Å². The molecule has 0 saturated carbocycles. The van der Waals surface area contributed by atoms with Gasteiger partial charge in [0, 0.05) is 13.1 Å². The first kappa shape index (κ1) is 19.7. The van der Waals surface area contributed by atoms with Crippen LogP contribution in [0.15, 0.2) is 59.5 Å². The molecule has 29 heavy (non-hydrogen) atoms. The molecule has 2 saturated heterocycles. The van der Waals surface area contributed by atoms with Gasteiger partial charge in [0.25, 0.3) is 0 Å². The molecule has 2 aliphatic rings. The molecule has 8 heteroatoms. The van der Waals surface area contributed by atoms with Crippen molar-refractivity contribution >= 4 is 16.1 Å². The average molecular weight is 416 g/mol. The number of rotatable bonds is 4. The number of carbonyl (C=O) groups excluding carboxylic acids is 1. The van der Waals surface area contributed by atoms with Gasteiger partial charge in [-0.1, -0.05) is 18.2 Å². The van der Waals surface area contributed by atoms with Crippen molar-refractivity contribution in [3.05, 3.63) is 54.6 Å². The Morgan fingerprint density at radius 1 is 0.931 bits per heavy atom. The fraction of sp³-hybridized carbons (Fsp3) is 0.381. The fourth-order valence-electron chi connectivity index (χ4n) is 3.50. The molecule has 0 N–H and O–H groups in total. The smallest absolute Gasteiger partial charge is 0.410 e. The number of hydrogen-bond donors (Lipinski definition) is 0. The quantitative estimate of drug-likeness (QED) is 0.714. The first-order valence-electron chi connectivity index (χ1n) is 9.49. The number of fused-ring (bicyclic) bond motifs is 1. The van der Waals surface area contributed by atoms with E-state index in [1.165, 1.54) is 4.31 Å². The van der Waals surface area contributed by atoms with E-state index in [1.807, 2.05) is 51.1 Å². The van der Waals surface area contributed by atoms with Crippen molar-refractivity contribution in [3.8, 4) is 11.5 Å². The maximum absolute atomic E-state index is 12.9. The van der Waals surface area contributed by atoms with E-state index in [4.69, 9.17) is 9.47 Å². The highest BCUT2D eigenvalue weighted by Crippen LogP contribution is 2.41. The Bertz CT molecular complexity index is 988. The number of nitrogens with zero attached hydrogens (tertiary/aromatic N) is 2. The van der Waals surface area contributed by atoms with Crippen LogP contribution in [-0.4, -0.2) is 54.5 Å². The fourth-order valence-corrected chi connectivity index (χ4v) is 5.29. The molecule has 0 aliphatic carbocycles. The molecular formula is C21H24N2O5S. The maximum atomic E-state index is 12.9. The van der Waals surface area contributed by atoms with Crippen LogP contribution in [-0.2, 0) is 14.8 Å². The summed E-state index contributed by atoms with van der Waals surface area (Å²) >= 11 is 0. The van der Waals surface area contributed by atoms with Crippen molar-refractivity contribution in [1.82, 2.24) is 9.21 Å². The number of likely N-dealkylation sites (tertiary alicyclic amines) is 1. The zero-order chi connectivity index (χ0) is 20.8. The molecule has 2 heterocycles. The third-order valence-corrected chi connectivity index (χ3v) is 6.82. The highest BCUT2D eigenvalue weighted by molar-refractivity contribution is 7.89. The third-order valence-electron chi connectivity index (χ3n) is 4.85. The Balaban J connectivity index is 1.39. The van der Waals surface area contributed by atoms with Crippen LogP contribution < -0.4 is 4.74 Å². The molecule has 2 aliphatic heterocycles. The lowest BCUT2D eigenvalue weighted by Crippen LogP contribution is -2.39. The van der Waals surface area contributed by atoms with Crippen LogP contribution in [0.5, 0.6) is 11.5 Å². The molecule has 2 fully saturated rings. The summed E-state index contributed by atoms with van der Waals surface area (Å²) in [6.45, 7) is 6.14. The standard InChI is InChI=1S/C21H24N2O5S/c1-21(2,3)28-20(24)22-13-18-19(14-22)23(18)29(25,26)17-11-9-16(10-12-17)27-15-7-5-4-6-8-15/h4-12,18-19H,13-14H2,1-3H3. The second-order valence-corrected chi connectivity index (χ2v) is 10.1. The number of para-hydroxylation sites is 1. The lowest BCUT2D eigenvalue weighted by molar-refractivity contribution is 0.0269. The van der Waals surface area contributed by atoms with Crippen molar-refractivity contribution in [2.45, 2.75) is 43.4 Å². The van der Waals surface area contributed by atoms with Crippen LogP contribution in [0.25, 0.3) is 0 Å². The Hall–Kier alpha value is -2.58. The highest BCUT2D eigenvalue weighted by Gasteiger charge is 2.61. The maximum Gasteiger partial charge on any atom is 0.410 e. The van der Waals surface area contributed by atoms with Crippen LogP contribution in [0.4, 0.5) is 4.79 Å². The van der Waals surface area contributed by atoms with E-state index in [2.05, 4.69) is 0 Å². The second kappa shape index (κ2) is 7.03. The summed E-state index contributed by atoms with van der Waals surface area (Å²) in [6, 6.07) is 15.3. The topological polar surface area (TPSA) is 75.9 Å². The SMILES string of the molecule is CC(C)(C)OC(=O)N1CC2C(C1)N2S(=O)(=O)c1ccc(Oc2ccccc2)cc1. The van der Waals surface area contributed by atoms with Crippen molar-refractivity contribution in [2.24, 2.45) is 0 Å². The Morgan fingerprint density at radius 3 is 2.03 bits per heavy atom. The Morgan fingerprint density at radius 2 is 1.48 bits per heavy atom. The van der Waals surface area contributed by atoms with E-state index in [9.17, 15) is 13.2 Å². The summed E-state index contributed by atoms with van der Waals surface area (Å²) in [7, 11) is -3.60. The molecule has 2 aromatic rings. The molecular weight excluding hydrogens is 392 g/mol. The summed E-state index contributed by atoms with van der Waals surface area (Å²) in [5.41, 5.74) is -0.570. The highest BCUT2D eigenvalue weighted by atomic mass is 32.2. The average Bonchev–Trinajstić information content (AvgIpc) is 3.18. The molecule has 0 spiro atoms. The van der Waals surface area contributed by atoms with E-state index in [1.54, 1.807) is 29.2 Å². The first-order valence-corrected chi connectivity index (χ1v) is 10.9. The van der Waals surface area contributed by atoms with Crippen LogP contribution in [0.1, 0.15) is 20.8 Å². The lowest BCUT2D eigenvalue weighted by atomic mass is 10.2. The monoisotopic (exact) mass is 416 g/mol. The van der Waals surface area contributed by atoms with E-state index >= 15 is 0 Å². The normalized spacial score (nSPS) is 23.4. The molecule has 2 unspecified atom stereocenters. The molecule has 2 aromatic carbocycles. The van der Waals surface area contributed by atoms with E-state index in [0.717, 1.165) is 0 Å². The summed E-state index contributed by atoms with van der Waals surface area (Å²) in [6.07, 6.45) is -0.399. The van der Waals surface area contributed by atoms with Crippen LogP contribution in [0, 0.1) is 0 Å². The second-order valence-electron chi connectivity index (χ2n) is 8.24. The number of hydrogen-bond acceptors (Lipinski definition) is 5. The van der Waals surface area contributed by atoms with Gasteiger partial charge in [0.1, 0.15) is 17.1 Å². The predicted octanol–water partition coefficient (Wildman–Crippen LogP) is 3.47. The predicted molar refractivity (Wildman–Crippen MR) is 107 cm³/mol. The molecule has 1 amide bonds. The molecule has 0 aromatic heterocycles. The van der Waals surface area contributed by atoms with Crippen molar-refractivity contribution in [1.29, 1.82) is 0 Å². The van der Waals surface area contributed by atoms with Gasteiger partial charge in [-0.25, -0.2) is 13.2 Å². The minimum absolute atomic E-state index is 0.187. The third kappa shape index (κ3) is 4.09. The minimum Gasteiger partial charge on any atom is -0.457 e. The molecule has 154 valence electrons. The van der Waals surface area contributed by atoms with Crippen molar-refractivity contribution in [2.75, 3.05) is 13.1 Å². The Kier molecular flexibility index (Phi) is 4.78. The van der Waals surface area contributed by atoms with Gasteiger partial charge in [-0.3, -0.25) is 0 Å². The number of benzene rings is 2. The largest absolute Gasteiger partial charge is 0.457 e. The van der Waals surface area contributed by atoms with Crippen LogP contribution in [0.3, 0.4) is 0 Å². The summed E-state index contributed by atoms with van der Waals surface area (Å²) in [4.78, 5) is 14.0. The number of carbonyl (C=O) groups is 1. The Labute approximate surface area is 170 Å². The molecule has 0 bridgehead atoms. The zero-order valence-corrected chi connectivity index (χ0v) is 17.4. The van der Waals surface area contributed by atoms with Gasteiger partial charge >= 0.3 is 6.09 Å². The number of sulfonamides is 1. The van der Waals surface area contributed by atoms with Gasteiger partial charge < -0.3 is 14.4 Å².